The fourth-order valence-corrected chi connectivity index (χ4v) is 3.54. The fourth-order valence-electron chi connectivity index (χ4n) is 2.72. The maximum Gasteiger partial charge on any atom is 0.253 e. The molecule has 0 aliphatic carbocycles. The Balaban J connectivity index is 1.57. The molecule has 1 amide bonds. The summed E-state index contributed by atoms with van der Waals surface area (Å²) in [5.74, 6) is 0.652. The molecule has 7 heteroatoms. The molecular formula is C17H22N4O2S. The maximum atomic E-state index is 12.2. The number of aryl methyl sites for hydroxylation is 1. The molecule has 6 nitrogen and oxygen atoms in total. The van der Waals surface area contributed by atoms with Gasteiger partial charge in [-0.05, 0) is 31.4 Å². The number of aromatic nitrogens is 2. The number of carbonyl (C=O) groups is 1. The van der Waals surface area contributed by atoms with Crippen molar-refractivity contribution >= 4 is 23.1 Å². The predicted octanol–water partition coefficient (Wildman–Crippen LogP) is 1.99. The number of hydrogen-bond donors (Lipinski definition) is 2. The van der Waals surface area contributed by atoms with Gasteiger partial charge in [0, 0.05) is 24.7 Å². The summed E-state index contributed by atoms with van der Waals surface area (Å²) >= 11 is 1.56. The van der Waals surface area contributed by atoms with E-state index in [2.05, 4.69) is 27.1 Å². The number of nitrogens with one attached hydrogen (secondary N) is 1. The van der Waals surface area contributed by atoms with Crippen LogP contribution < -0.4 is 10.2 Å². The van der Waals surface area contributed by atoms with Gasteiger partial charge in [-0.15, -0.1) is 11.3 Å². The number of thiazole rings is 1. The summed E-state index contributed by atoms with van der Waals surface area (Å²) < 4.78 is 0. The van der Waals surface area contributed by atoms with Crippen LogP contribution in [0.2, 0.25) is 0 Å². The lowest BCUT2D eigenvalue weighted by Gasteiger charge is -2.30. The van der Waals surface area contributed by atoms with Crippen LogP contribution >= 0.6 is 11.3 Å². The topological polar surface area (TPSA) is 78.4 Å². The Labute approximate surface area is 145 Å². The molecule has 3 heterocycles. The molecule has 128 valence electrons. The fraction of sp³-hybridized carbons (Fsp3) is 0.471. The third kappa shape index (κ3) is 4.10. The van der Waals surface area contributed by atoms with Crippen LogP contribution in [0.5, 0.6) is 0 Å². The van der Waals surface area contributed by atoms with Crippen molar-refractivity contribution in [1.82, 2.24) is 15.3 Å². The summed E-state index contributed by atoms with van der Waals surface area (Å²) in [5, 5.41) is 15.5. The normalized spacial score (nSPS) is 17.8. The summed E-state index contributed by atoms with van der Waals surface area (Å²) in [6.07, 6.45) is 3.99. The van der Waals surface area contributed by atoms with Gasteiger partial charge in [0.1, 0.15) is 10.8 Å². The number of carbonyl (C=O) groups excluding carboxylic acids is 1. The molecule has 1 aliphatic rings. The van der Waals surface area contributed by atoms with Crippen molar-refractivity contribution in [2.45, 2.75) is 38.8 Å². The van der Waals surface area contributed by atoms with Gasteiger partial charge in [-0.2, -0.15) is 0 Å². The van der Waals surface area contributed by atoms with Crippen molar-refractivity contribution in [3.05, 3.63) is 40.0 Å². The average molecular weight is 346 g/mol. The zero-order valence-electron chi connectivity index (χ0n) is 13.7. The predicted molar refractivity (Wildman–Crippen MR) is 94.4 cm³/mol. The molecule has 2 N–H and O–H groups in total. The minimum absolute atomic E-state index is 0.152. The molecule has 0 spiro atoms. The van der Waals surface area contributed by atoms with Crippen LogP contribution in [0.25, 0.3) is 0 Å². The van der Waals surface area contributed by atoms with Gasteiger partial charge in [0.05, 0.1) is 23.9 Å². The van der Waals surface area contributed by atoms with Crippen molar-refractivity contribution in [3.63, 3.8) is 0 Å². The zero-order chi connectivity index (χ0) is 16.9. The summed E-state index contributed by atoms with van der Waals surface area (Å²) in [6.45, 7) is 3.98. The highest BCUT2D eigenvalue weighted by Gasteiger charge is 2.19. The van der Waals surface area contributed by atoms with E-state index in [-0.39, 0.29) is 12.0 Å². The number of pyridine rings is 1. The van der Waals surface area contributed by atoms with Gasteiger partial charge in [-0.1, -0.05) is 6.92 Å². The first-order valence-corrected chi connectivity index (χ1v) is 9.14. The first-order chi connectivity index (χ1) is 11.7. The first-order valence-electron chi connectivity index (χ1n) is 8.26. The molecule has 24 heavy (non-hydrogen) atoms. The summed E-state index contributed by atoms with van der Waals surface area (Å²) in [7, 11) is 0. The molecule has 1 atom stereocenters. The van der Waals surface area contributed by atoms with E-state index in [4.69, 9.17) is 0 Å². The molecule has 1 unspecified atom stereocenters. The Morgan fingerprint density at radius 1 is 1.50 bits per heavy atom. The Morgan fingerprint density at radius 2 is 2.38 bits per heavy atom. The van der Waals surface area contributed by atoms with Crippen LogP contribution in [0.4, 0.5) is 5.82 Å². The molecule has 2 aromatic rings. The van der Waals surface area contributed by atoms with E-state index in [0.29, 0.717) is 18.7 Å². The van der Waals surface area contributed by atoms with Crippen LogP contribution in [0, 0.1) is 0 Å². The van der Waals surface area contributed by atoms with Gasteiger partial charge in [0.2, 0.25) is 0 Å². The molecule has 0 saturated carbocycles. The molecule has 0 bridgehead atoms. The van der Waals surface area contributed by atoms with Crippen LogP contribution in [-0.4, -0.2) is 40.2 Å². The number of amides is 1. The summed E-state index contributed by atoms with van der Waals surface area (Å²) in [5.41, 5.74) is 1.59. The molecule has 0 radical (unpaired) electrons. The zero-order valence-corrected chi connectivity index (χ0v) is 14.6. The quantitative estimate of drug-likeness (QED) is 0.866. The monoisotopic (exact) mass is 346 g/mol. The number of β-amino-alcohol motifs (C(OH)–C–C–N with tert-alkyl or cyclic N) is 1. The second-order valence-corrected chi connectivity index (χ2v) is 6.86. The third-order valence-corrected chi connectivity index (χ3v) is 4.99. The van der Waals surface area contributed by atoms with Gasteiger partial charge in [0.25, 0.3) is 5.91 Å². The van der Waals surface area contributed by atoms with Gasteiger partial charge in [-0.25, -0.2) is 9.97 Å². The van der Waals surface area contributed by atoms with Gasteiger partial charge >= 0.3 is 0 Å². The highest BCUT2D eigenvalue weighted by Crippen LogP contribution is 2.18. The van der Waals surface area contributed by atoms with E-state index in [1.165, 1.54) is 0 Å². The lowest BCUT2D eigenvalue weighted by Crippen LogP contribution is -2.38. The summed E-state index contributed by atoms with van der Waals surface area (Å²) in [4.78, 5) is 23.1. The number of aliphatic hydroxyl groups is 1. The Kier molecular flexibility index (Phi) is 5.42. The highest BCUT2D eigenvalue weighted by molar-refractivity contribution is 7.09. The second-order valence-electron chi connectivity index (χ2n) is 5.92. The standard InChI is InChI=1S/C17H22N4O2S/c1-2-13-11-24-16(20-13)9-19-17(23)12-5-6-15(18-8-12)21-7-3-4-14(22)10-21/h5-6,8,11,14,22H,2-4,7,9-10H2,1H3,(H,19,23). The van der Waals surface area contributed by atoms with E-state index >= 15 is 0 Å². The largest absolute Gasteiger partial charge is 0.391 e. The molecule has 1 aliphatic heterocycles. The van der Waals surface area contributed by atoms with Crippen LogP contribution in [0.15, 0.2) is 23.7 Å². The van der Waals surface area contributed by atoms with E-state index in [1.807, 2.05) is 11.4 Å². The molecule has 3 rings (SSSR count). The minimum atomic E-state index is -0.296. The van der Waals surface area contributed by atoms with Gasteiger partial charge < -0.3 is 15.3 Å². The maximum absolute atomic E-state index is 12.2. The lowest BCUT2D eigenvalue weighted by atomic mass is 10.1. The van der Waals surface area contributed by atoms with Crippen LogP contribution in [-0.2, 0) is 13.0 Å². The van der Waals surface area contributed by atoms with Gasteiger partial charge in [-0.3, -0.25) is 4.79 Å². The molecule has 1 saturated heterocycles. The number of hydrogen-bond acceptors (Lipinski definition) is 6. The number of piperidine rings is 1. The summed E-state index contributed by atoms with van der Waals surface area (Å²) in [6, 6.07) is 3.61. The highest BCUT2D eigenvalue weighted by atomic mass is 32.1. The molecular weight excluding hydrogens is 324 g/mol. The lowest BCUT2D eigenvalue weighted by molar-refractivity contribution is 0.0950. The Hall–Kier alpha value is -1.99. The number of nitrogens with zero attached hydrogens (tertiary/aromatic N) is 3. The molecule has 2 aromatic heterocycles. The van der Waals surface area contributed by atoms with Crippen molar-refractivity contribution in [2.24, 2.45) is 0 Å². The second kappa shape index (κ2) is 7.72. The molecule has 1 fully saturated rings. The van der Waals surface area contributed by atoms with E-state index < -0.39 is 0 Å². The number of anilines is 1. The van der Waals surface area contributed by atoms with E-state index in [9.17, 15) is 9.90 Å². The van der Waals surface area contributed by atoms with Crippen molar-refractivity contribution in [1.29, 1.82) is 0 Å². The third-order valence-electron chi connectivity index (χ3n) is 4.09. The van der Waals surface area contributed by atoms with Crippen molar-refractivity contribution in [2.75, 3.05) is 18.0 Å². The Bertz CT molecular complexity index is 686. The van der Waals surface area contributed by atoms with Gasteiger partial charge in [0.15, 0.2) is 0 Å². The van der Waals surface area contributed by atoms with Crippen LogP contribution in [0.1, 0.15) is 40.8 Å². The number of aliphatic hydroxyl groups excluding tert-OH is 1. The molecule has 0 aromatic carbocycles. The minimum Gasteiger partial charge on any atom is -0.391 e. The van der Waals surface area contributed by atoms with Crippen molar-refractivity contribution < 1.29 is 9.90 Å². The smallest absolute Gasteiger partial charge is 0.253 e. The average Bonchev–Trinajstić information content (AvgIpc) is 3.08. The van der Waals surface area contributed by atoms with E-state index in [1.54, 1.807) is 23.6 Å². The Morgan fingerprint density at radius 3 is 3.04 bits per heavy atom. The first kappa shape index (κ1) is 16.9. The van der Waals surface area contributed by atoms with Crippen LogP contribution in [0.3, 0.4) is 0 Å². The van der Waals surface area contributed by atoms with Crippen molar-refractivity contribution in [3.8, 4) is 0 Å². The number of rotatable bonds is 5. The van der Waals surface area contributed by atoms with E-state index in [0.717, 1.165) is 42.3 Å². The SMILES string of the molecule is CCc1csc(CNC(=O)c2ccc(N3CCCC(O)C3)nc2)n1.